The first-order chi connectivity index (χ1) is 16.0. The summed E-state index contributed by atoms with van der Waals surface area (Å²) in [5, 5.41) is 5.99. The summed E-state index contributed by atoms with van der Waals surface area (Å²) in [5.74, 6) is 0.645. The van der Waals surface area contributed by atoms with E-state index in [2.05, 4.69) is 10.6 Å². The molecule has 33 heavy (non-hydrogen) atoms. The molecular weight excluding hydrogens is 414 g/mol. The molecule has 0 aliphatic carbocycles. The Balaban J connectivity index is 1.47. The number of carbonyl (C=O) groups excluding carboxylic acids is 2. The van der Waals surface area contributed by atoms with E-state index in [1.165, 1.54) is 0 Å². The van der Waals surface area contributed by atoms with Crippen molar-refractivity contribution >= 4 is 23.2 Å². The lowest BCUT2D eigenvalue weighted by atomic mass is 10.1. The highest BCUT2D eigenvalue weighted by Gasteiger charge is 2.15. The van der Waals surface area contributed by atoms with E-state index in [4.69, 9.17) is 4.74 Å². The fourth-order valence-electron chi connectivity index (χ4n) is 3.34. The molecule has 0 atom stereocenters. The Morgan fingerprint density at radius 3 is 2.18 bits per heavy atom. The van der Waals surface area contributed by atoms with Crippen molar-refractivity contribution in [1.29, 1.82) is 0 Å². The molecule has 0 aromatic heterocycles. The van der Waals surface area contributed by atoms with E-state index >= 15 is 0 Å². The number of nitrogens with one attached hydrogen (secondary N) is 2. The van der Waals surface area contributed by atoms with E-state index in [-0.39, 0.29) is 24.5 Å². The molecule has 6 nitrogen and oxygen atoms in total. The van der Waals surface area contributed by atoms with E-state index in [9.17, 15) is 9.59 Å². The predicted molar refractivity (Wildman–Crippen MR) is 133 cm³/mol. The summed E-state index contributed by atoms with van der Waals surface area (Å²) in [7, 11) is 0. The maximum absolute atomic E-state index is 12.9. The maximum Gasteiger partial charge on any atom is 0.258 e. The molecule has 0 spiro atoms. The van der Waals surface area contributed by atoms with E-state index in [1.807, 2.05) is 87.5 Å². The van der Waals surface area contributed by atoms with Crippen LogP contribution in [0.2, 0.25) is 0 Å². The smallest absolute Gasteiger partial charge is 0.258 e. The lowest BCUT2D eigenvalue weighted by Gasteiger charge is -2.21. The Labute approximate surface area is 195 Å². The van der Waals surface area contributed by atoms with Gasteiger partial charge in [-0.2, -0.15) is 0 Å². The van der Waals surface area contributed by atoms with Crippen LogP contribution in [0.3, 0.4) is 0 Å². The zero-order chi connectivity index (χ0) is 23.6. The standard InChI is InChI=1S/C27H31N3O3/c1-4-30(24-8-6-5-7-9-24)27(32)22-12-14-23(15-13-22)28-19-26(31)29-18-21-10-16-25(17-11-21)33-20(2)3/h5-17,20,28H,4,18-19H2,1-3H3,(H,29,31). The fourth-order valence-corrected chi connectivity index (χ4v) is 3.34. The summed E-state index contributed by atoms with van der Waals surface area (Å²) in [5.41, 5.74) is 3.24. The Bertz CT molecular complexity index is 1030. The highest BCUT2D eigenvalue weighted by molar-refractivity contribution is 6.06. The second-order valence-corrected chi connectivity index (χ2v) is 7.90. The molecule has 6 heteroatoms. The number of hydrogen-bond acceptors (Lipinski definition) is 4. The van der Waals surface area contributed by atoms with Gasteiger partial charge in [0.2, 0.25) is 5.91 Å². The molecule has 172 valence electrons. The van der Waals surface area contributed by atoms with Crippen LogP contribution >= 0.6 is 0 Å². The van der Waals surface area contributed by atoms with Crippen LogP contribution in [-0.2, 0) is 11.3 Å². The number of nitrogens with zero attached hydrogens (tertiary/aromatic N) is 1. The summed E-state index contributed by atoms with van der Waals surface area (Å²) < 4.78 is 5.63. The molecule has 3 aromatic rings. The average Bonchev–Trinajstić information content (AvgIpc) is 2.83. The van der Waals surface area contributed by atoms with Gasteiger partial charge in [0.05, 0.1) is 12.6 Å². The molecule has 0 aliphatic heterocycles. The van der Waals surface area contributed by atoms with Crippen LogP contribution in [0.4, 0.5) is 11.4 Å². The first-order valence-electron chi connectivity index (χ1n) is 11.2. The molecule has 0 saturated heterocycles. The monoisotopic (exact) mass is 445 g/mol. The van der Waals surface area contributed by atoms with Crippen molar-refractivity contribution < 1.29 is 14.3 Å². The van der Waals surface area contributed by atoms with Crippen molar-refractivity contribution in [1.82, 2.24) is 5.32 Å². The van der Waals surface area contributed by atoms with Crippen LogP contribution in [0.1, 0.15) is 36.7 Å². The first-order valence-corrected chi connectivity index (χ1v) is 11.2. The average molecular weight is 446 g/mol. The second-order valence-electron chi connectivity index (χ2n) is 7.90. The number of benzene rings is 3. The Hall–Kier alpha value is -3.80. The normalized spacial score (nSPS) is 10.5. The molecule has 3 rings (SSSR count). The summed E-state index contributed by atoms with van der Waals surface area (Å²) in [4.78, 5) is 26.8. The lowest BCUT2D eigenvalue weighted by molar-refractivity contribution is -0.119. The fraction of sp³-hybridized carbons (Fsp3) is 0.259. The molecule has 0 heterocycles. The number of hydrogen-bond donors (Lipinski definition) is 2. The third-order valence-corrected chi connectivity index (χ3v) is 5.00. The van der Waals surface area contributed by atoms with Crippen molar-refractivity contribution in [2.75, 3.05) is 23.3 Å². The molecule has 3 aromatic carbocycles. The third kappa shape index (κ3) is 7.10. The Morgan fingerprint density at radius 1 is 0.909 bits per heavy atom. The van der Waals surface area contributed by atoms with Gasteiger partial charge in [-0.25, -0.2) is 0 Å². The van der Waals surface area contributed by atoms with Crippen LogP contribution in [0.15, 0.2) is 78.9 Å². The molecule has 0 saturated carbocycles. The molecule has 0 unspecified atom stereocenters. The molecule has 0 fully saturated rings. The van der Waals surface area contributed by atoms with Gasteiger partial charge in [-0.1, -0.05) is 30.3 Å². The van der Waals surface area contributed by atoms with Crippen LogP contribution in [-0.4, -0.2) is 31.0 Å². The number of anilines is 2. The molecule has 0 aliphatic rings. The molecule has 0 radical (unpaired) electrons. The summed E-state index contributed by atoms with van der Waals surface area (Å²) >= 11 is 0. The minimum absolute atomic E-state index is 0.0576. The van der Waals surface area contributed by atoms with Gasteiger partial charge in [-0.05, 0) is 74.9 Å². The van der Waals surface area contributed by atoms with Gasteiger partial charge < -0.3 is 20.3 Å². The number of ether oxygens (including phenoxy) is 1. The van der Waals surface area contributed by atoms with E-state index in [0.717, 1.165) is 22.7 Å². The van der Waals surface area contributed by atoms with E-state index in [1.54, 1.807) is 17.0 Å². The van der Waals surface area contributed by atoms with Crippen LogP contribution in [0.5, 0.6) is 5.75 Å². The highest BCUT2D eigenvalue weighted by Crippen LogP contribution is 2.18. The van der Waals surface area contributed by atoms with Gasteiger partial charge in [0.25, 0.3) is 5.91 Å². The lowest BCUT2D eigenvalue weighted by Crippen LogP contribution is -2.30. The van der Waals surface area contributed by atoms with Crippen molar-refractivity contribution in [2.45, 2.75) is 33.4 Å². The zero-order valence-corrected chi connectivity index (χ0v) is 19.4. The van der Waals surface area contributed by atoms with E-state index < -0.39 is 0 Å². The van der Waals surface area contributed by atoms with Gasteiger partial charge in [-0.3, -0.25) is 9.59 Å². The van der Waals surface area contributed by atoms with Crippen molar-refractivity contribution in [3.05, 3.63) is 90.0 Å². The van der Waals surface area contributed by atoms with Crippen molar-refractivity contribution in [2.24, 2.45) is 0 Å². The molecular formula is C27H31N3O3. The Kier molecular flexibility index (Phi) is 8.47. The second kappa shape index (κ2) is 11.7. The van der Waals surface area contributed by atoms with Gasteiger partial charge in [0.15, 0.2) is 0 Å². The minimum atomic E-state index is -0.112. The maximum atomic E-state index is 12.9. The predicted octanol–water partition coefficient (Wildman–Crippen LogP) is 4.87. The Morgan fingerprint density at radius 2 is 1.58 bits per heavy atom. The summed E-state index contributed by atoms with van der Waals surface area (Å²) in [6.45, 7) is 7.09. The number of para-hydroxylation sites is 1. The van der Waals surface area contributed by atoms with Crippen molar-refractivity contribution in [3.8, 4) is 5.75 Å². The van der Waals surface area contributed by atoms with Gasteiger partial charge in [0, 0.05) is 30.0 Å². The van der Waals surface area contributed by atoms with Gasteiger partial charge >= 0.3 is 0 Å². The topological polar surface area (TPSA) is 70.7 Å². The van der Waals surface area contributed by atoms with E-state index in [0.29, 0.717) is 18.7 Å². The number of carbonyl (C=O) groups is 2. The SMILES string of the molecule is CCN(C(=O)c1ccc(NCC(=O)NCc2ccc(OC(C)C)cc2)cc1)c1ccccc1. The number of rotatable bonds is 10. The molecule has 0 bridgehead atoms. The quantitative estimate of drug-likeness (QED) is 0.467. The number of amides is 2. The highest BCUT2D eigenvalue weighted by atomic mass is 16.5. The third-order valence-electron chi connectivity index (χ3n) is 5.00. The molecule has 2 amide bonds. The van der Waals surface area contributed by atoms with Crippen LogP contribution < -0.4 is 20.3 Å². The zero-order valence-electron chi connectivity index (χ0n) is 19.4. The van der Waals surface area contributed by atoms with Crippen LogP contribution in [0, 0.1) is 0 Å². The molecule has 2 N–H and O–H groups in total. The summed E-state index contributed by atoms with van der Waals surface area (Å²) in [6.07, 6.45) is 0.128. The van der Waals surface area contributed by atoms with Gasteiger partial charge in [0.1, 0.15) is 5.75 Å². The van der Waals surface area contributed by atoms with Crippen molar-refractivity contribution in [3.63, 3.8) is 0 Å². The summed E-state index contributed by atoms with van der Waals surface area (Å²) in [6, 6.07) is 24.5. The largest absolute Gasteiger partial charge is 0.491 e. The minimum Gasteiger partial charge on any atom is -0.491 e. The first kappa shape index (κ1) is 23.9. The van der Waals surface area contributed by atoms with Gasteiger partial charge in [-0.15, -0.1) is 0 Å². The van der Waals surface area contributed by atoms with Crippen LogP contribution in [0.25, 0.3) is 0 Å².